The van der Waals surface area contributed by atoms with Crippen molar-refractivity contribution in [1.82, 2.24) is 9.97 Å². The average Bonchev–Trinajstić information content (AvgIpc) is 2.83. The number of rotatable bonds is 2. The Labute approximate surface area is 77.8 Å². The molecule has 3 rings (SSSR count). The van der Waals surface area contributed by atoms with Gasteiger partial charge in [-0.2, -0.15) is 0 Å². The van der Waals surface area contributed by atoms with Crippen LogP contribution in [0.5, 0.6) is 0 Å². The van der Waals surface area contributed by atoms with Crippen LogP contribution in [0.25, 0.3) is 0 Å². The molecule has 2 heterocycles. The second-order valence-corrected chi connectivity index (χ2v) is 3.89. The molecule has 0 N–H and O–H groups in total. The van der Waals surface area contributed by atoms with Crippen LogP contribution in [0.2, 0.25) is 0 Å². The summed E-state index contributed by atoms with van der Waals surface area (Å²) in [4.78, 5) is 11.2. The van der Waals surface area contributed by atoms with Crippen molar-refractivity contribution in [2.45, 2.75) is 25.2 Å². The first-order valence-electron chi connectivity index (χ1n) is 5.01. The van der Waals surface area contributed by atoms with Crippen molar-refractivity contribution in [2.24, 2.45) is 0 Å². The number of hydrogen-bond donors (Lipinski definition) is 0. The van der Waals surface area contributed by atoms with Crippen molar-refractivity contribution in [2.75, 3.05) is 18.0 Å². The highest BCUT2D eigenvalue weighted by Gasteiger charge is 2.27. The molecule has 1 aliphatic heterocycles. The van der Waals surface area contributed by atoms with Gasteiger partial charge >= 0.3 is 0 Å². The van der Waals surface area contributed by atoms with Crippen LogP contribution >= 0.6 is 0 Å². The van der Waals surface area contributed by atoms with E-state index in [0.29, 0.717) is 5.92 Å². The number of hydrogen-bond acceptors (Lipinski definition) is 3. The van der Waals surface area contributed by atoms with Gasteiger partial charge < -0.3 is 4.90 Å². The lowest BCUT2D eigenvalue weighted by Crippen LogP contribution is -2.37. The number of anilines is 1. The van der Waals surface area contributed by atoms with E-state index in [1.54, 1.807) is 0 Å². The van der Waals surface area contributed by atoms with Crippen LogP contribution in [-0.4, -0.2) is 23.1 Å². The second kappa shape index (κ2) is 2.69. The molecule has 0 amide bonds. The second-order valence-electron chi connectivity index (χ2n) is 3.89. The molecule has 0 unspecified atom stereocenters. The van der Waals surface area contributed by atoms with E-state index in [2.05, 4.69) is 14.9 Å². The first-order chi connectivity index (χ1) is 6.43. The topological polar surface area (TPSA) is 29.0 Å². The molecule has 1 aromatic heterocycles. The van der Waals surface area contributed by atoms with Crippen LogP contribution in [0.3, 0.4) is 0 Å². The molecular formula is C10H13N3. The van der Waals surface area contributed by atoms with E-state index in [0.717, 1.165) is 11.6 Å². The summed E-state index contributed by atoms with van der Waals surface area (Å²) < 4.78 is 0. The van der Waals surface area contributed by atoms with Gasteiger partial charge in [0.2, 0.25) is 0 Å². The van der Waals surface area contributed by atoms with E-state index in [1.807, 2.05) is 12.3 Å². The minimum Gasteiger partial charge on any atom is -0.356 e. The Hall–Kier alpha value is -1.12. The summed E-state index contributed by atoms with van der Waals surface area (Å²) in [6, 6.07) is 2.02. The molecule has 1 saturated heterocycles. The van der Waals surface area contributed by atoms with Gasteiger partial charge in [-0.1, -0.05) is 0 Å². The largest absolute Gasteiger partial charge is 0.356 e. The molecule has 0 spiro atoms. The minimum atomic E-state index is 0.668. The van der Waals surface area contributed by atoms with Crippen LogP contribution in [0.1, 0.15) is 31.0 Å². The Morgan fingerprint density at radius 1 is 1.31 bits per heavy atom. The molecule has 13 heavy (non-hydrogen) atoms. The van der Waals surface area contributed by atoms with Gasteiger partial charge in [-0.25, -0.2) is 9.97 Å². The molecule has 0 radical (unpaired) electrons. The van der Waals surface area contributed by atoms with Crippen LogP contribution in [0, 0.1) is 0 Å². The lowest BCUT2D eigenvalue weighted by molar-refractivity contribution is 0.606. The molecule has 0 bridgehead atoms. The highest BCUT2D eigenvalue weighted by Crippen LogP contribution is 2.38. The van der Waals surface area contributed by atoms with Gasteiger partial charge in [0.15, 0.2) is 0 Å². The first-order valence-corrected chi connectivity index (χ1v) is 5.01. The van der Waals surface area contributed by atoms with E-state index in [1.165, 1.54) is 32.4 Å². The highest BCUT2D eigenvalue weighted by atomic mass is 15.2. The van der Waals surface area contributed by atoms with Gasteiger partial charge in [0.1, 0.15) is 11.6 Å². The zero-order valence-corrected chi connectivity index (χ0v) is 7.61. The maximum Gasteiger partial charge on any atom is 0.133 e. The van der Waals surface area contributed by atoms with Crippen molar-refractivity contribution in [3.05, 3.63) is 18.1 Å². The molecule has 1 aromatic rings. The SMILES string of the molecule is c1cc(N2CCC2)nc(C2CC2)n1. The van der Waals surface area contributed by atoms with Crippen LogP contribution in [0.4, 0.5) is 5.82 Å². The molecule has 3 heteroatoms. The van der Waals surface area contributed by atoms with E-state index >= 15 is 0 Å². The Morgan fingerprint density at radius 3 is 2.77 bits per heavy atom. The summed E-state index contributed by atoms with van der Waals surface area (Å²) in [7, 11) is 0. The molecular weight excluding hydrogens is 162 g/mol. The van der Waals surface area contributed by atoms with Crippen LogP contribution in [0.15, 0.2) is 12.3 Å². The Balaban J connectivity index is 1.87. The summed E-state index contributed by atoms with van der Waals surface area (Å²) in [5.41, 5.74) is 0. The van der Waals surface area contributed by atoms with Crippen LogP contribution in [-0.2, 0) is 0 Å². The molecule has 3 nitrogen and oxygen atoms in total. The summed E-state index contributed by atoms with van der Waals surface area (Å²) in [5, 5.41) is 0. The fraction of sp³-hybridized carbons (Fsp3) is 0.600. The molecule has 1 aliphatic carbocycles. The van der Waals surface area contributed by atoms with Crippen molar-refractivity contribution < 1.29 is 0 Å². The average molecular weight is 175 g/mol. The Bertz CT molecular complexity index is 316. The minimum absolute atomic E-state index is 0.668. The molecule has 1 saturated carbocycles. The maximum atomic E-state index is 4.57. The molecule has 68 valence electrons. The van der Waals surface area contributed by atoms with Gasteiger partial charge in [-0.15, -0.1) is 0 Å². The monoisotopic (exact) mass is 175 g/mol. The number of aromatic nitrogens is 2. The van der Waals surface area contributed by atoms with E-state index in [4.69, 9.17) is 0 Å². The fourth-order valence-corrected chi connectivity index (χ4v) is 1.62. The quantitative estimate of drug-likeness (QED) is 0.683. The highest BCUT2D eigenvalue weighted by molar-refractivity contribution is 5.40. The first kappa shape index (κ1) is 7.30. The molecule has 2 fully saturated rings. The molecule has 0 aromatic carbocycles. The summed E-state index contributed by atoms with van der Waals surface area (Å²) in [5.74, 6) is 2.86. The normalized spacial score (nSPS) is 21.4. The van der Waals surface area contributed by atoms with Gasteiger partial charge in [-0.05, 0) is 25.3 Å². The van der Waals surface area contributed by atoms with Crippen molar-refractivity contribution in [1.29, 1.82) is 0 Å². The van der Waals surface area contributed by atoms with Crippen molar-refractivity contribution in [3.8, 4) is 0 Å². The predicted octanol–water partition coefficient (Wildman–Crippen LogP) is 1.56. The van der Waals surface area contributed by atoms with Gasteiger partial charge in [0.25, 0.3) is 0 Å². The van der Waals surface area contributed by atoms with Crippen molar-refractivity contribution >= 4 is 5.82 Å². The zero-order valence-electron chi connectivity index (χ0n) is 7.61. The van der Waals surface area contributed by atoms with Gasteiger partial charge in [0.05, 0.1) is 0 Å². The predicted molar refractivity (Wildman–Crippen MR) is 50.8 cm³/mol. The van der Waals surface area contributed by atoms with Gasteiger partial charge in [-0.3, -0.25) is 0 Å². The fourth-order valence-electron chi connectivity index (χ4n) is 1.62. The van der Waals surface area contributed by atoms with E-state index in [9.17, 15) is 0 Å². The summed E-state index contributed by atoms with van der Waals surface area (Å²) in [6.07, 6.45) is 5.77. The van der Waals surface area contributed by atoms with Crippen LogP contribution < -0.4 is 4.90 Å². The van der Waals surface area contributed by atoms with E-state index in [-0.39, 0.29) is 0 Å². The smallest absolute Gasteiger partial charge is 0.133 e. The maximum absolute atomic E-state index is 4.57. The lowest BCUT2D eigenvalue weighted by atomic mass is 10.2. The van der Waals surface area contributed by atoms with Gasteiger partial charge in [0, 0.05) is 25.2 Å². The lowest BCUT2D eigenvalue weighted by Gasteiger charge is -2.31. The van der Waals surface area contributed by atoms with E-state index < -0.39 is 0 Å². The third-order valence-corrected chi connectivity index (χ3v) is 2.78. The summed E-state index contributed by atoms with van der Waals surface area (Å²) in [6.45, 7) is 2.34. The zero-order chi connectivity index (χ0) is 8.67. The number of nitrogens with zero attached hydrogens (tertiary/aromatic N) is 3. The third-order valence-electron chi connectivity index (χ3n) is 2.78. The molecule has 2 aliphatic rings. The summed E-state index contributed by atoms with van der Waals surface area (Å²) >= 11 is 0. The Kier molecular flexibility index (Phi) is 1.51. The van der Waals surface area contributed by atoms with Crippen molar-refractivity contribution in [3.63, 3.8) is 0 Å². The third kappa shape index (κ3) is 1.28. The Morgan fingerprint density at radius 2 is 2.15 bits per heavy atom. The standard InChI is InChI=1S/C10H13N3/c1-6-13(7-1)9-4-5-11-10(12-9)8-2-3-8/h4-5,8H,1-3,6-7H2. The molecule has 0 atom stereocenters.